The number of nitrogens with one attached hydrogen (secondary N) is 1. The van der Waals surface area contributed by atoms with Gasteiger partial charge in [-0.05, 0) is 37.1 Å². The van der Waals surface area contributed by atoms with Crippen molar-refractivity contribution in [2.75, 3.05) is 44.4 Å². The van der Waals surface area contributed by atoms with E-state index in [9.17, 15) is 9.59 Å². The van der Waals surface area contributed by atoms with Crippen LogP contribution in [0.2, 0.25) is 5.15 Å². The van der Waals surface area contributed by atoms with E-state index in [2.05, 4.69) is 20.3 Å². The van der Waals surface area contributed by atoms with Crippen molar-refractivity contribution in [3.05, 3.63) is 53.7 Å². The molecule has 38 heavy (non-hydrogen) atoms. The second kappa shape index (κ2) is 10.8. The van der Waals surface area contributed by atoms with Gasteiger partial charge in [0, 0.05) is 38.1 Å². The summed E-state index contributed by atoms with van der Waals surface area (Å²) in [5.41, 5.74) is 5.36. The monoisotopic (exact) mass is 540 g/mol. The average molecular weight is 541 g/mol. The number of piperazine rings is 1. The molecule has 3 N–H and O–H groups in total. The predicted octanol–water partition coefficient (Wildman–Crippen LogP) is 1.16. The zero-order valence-electron chi connectivity index (χ0n) is 21.0. The maximum absolute atomic E-state index is 13.7. The van der Waals surface area contributed by atoms with Crippen LogP contribution < -0.4 is 25.4 Å². The number of benzene rings is 1. The number of nitrogens with two attached hydrogens (primary N) is 1. The number of carbonyl (C=O) groups is 2. The first-order chi connectivity index (χ1) is 18.4. The average Bonchev–Trinajstić information content (AvgIpc) is 3.61. The lowest BCUT2D eigenvalue weighted by atomic mass is 9.90. The van der Waals surface area contributed by atoms with Gasteiger partial charge >= 0.3 is 0 Å². The van der Waals surface area contributed by atoms with Gasteiger partial charge in [0.1, 0.15) is 17.3 Å². The molecular formula is C25H29ClN8O4. The molecule has 200 valence electrons. The van der Waals surface area contributed by atoms with Gasteiger partial charge in [-0.15, -0.1) is 0 Å². The van der Waals surface area contributed by atoms with Crippen molar-refractivity contribution in [3.63, 3.8) is 0 Å². The molecule has 2 amide bonds. The Morgan fingerprint density at radius 1 is 1.18 bits per heavy atom. The van der Waals surface area contributed by atoms with E-state index in [0.717, 1.165) is 12.0 Å². The molecule has 0 aliphatic carbocycles. The van der Waals surface area contributed by atoms with Crippen LogP contribution >= 0.6 is 11.6 Å². The number of primary amides is 1. The summed E-state index contributed by atoms with van der Waals surface area (Å²) in [6.45, 7) is 4.04. The summed E-state index contributed by atoms with van der Waals surface area (Å²) in [4.78, 5) is 43.4. The molecule has 4 heterocycles. The summed E-state index contributed by atoms with van der Waals surface area (Å²) in [5, 5.41) is 3.17. The summed E-state index contributed by atoms with van der Waals surface area (Å²) in [7, 11) is 0. The van der Waals surface area contributed by atoms with Gasteiger partial charge in [-0.1, -0.05) is 24.6 Å². The third-order valence-corrected chi connectivity index (χ3v) is 6.93. The number of ether oxygens (including phenoxy) is 2. The number of fused-ring (bicyclic) bond motifs is 1. The summed E-state index contributed by atoms with van der Waals surface area (Å²) in [6, 6.07) is 7.27. The van der Waals surface area contributed by atoms with Crippen molar-refractivity contribution in [2.24, 2.45) is 5.73 Å². The van der Waals surface area contributed by atoms with Gasteiger partial charge in [-0.2, -0.15) is 4.98 Å². The number of rotatable bonds is 9. The van der Waals surface area contributed by atoms with E-state index < -0.39 is 17.4 Å². The Kier molecular flexibility index (Phi) is 7.34. The molecule has 12 nitrogen and oxygen atoms in total. The Balaban J connectivity index is 1.37. The van der Waals surface area contributed by atoms with Gasteiger partial charge < -0.3 is 25.4 Å². The van der Waals surface area contributed by atoms with Crippen LogP contribution in [-0.2, 0) is 16.0 Å². The van der Waals surface area contributed by atoms with Crippen molar-refractivity contribution in [1.29, 1.82) is 0 Å². The quantitative estimate of drug-likeness (QED) is 0.302. The van der Waals surface area contributed by atoms with Crippen molar-refractivity contribution in [3.8, 4) is 17.4 Å². The SMILES string of the molecule is CCCN1CCN(c2cc(Cl)nc(-n3ccnc3)n2)CC1(C(N)=O)C(=O)NCCc1ccc2c(c1)OCO2. The van der Waals surface area contributed by atoms with E-state index in [4.69, 9.17) is 26.8 Å². The molecule has 1 atom stereocenters. The molecule has 1 fully saturated rings. The van der Waals surface area contributed by atoms with E-state index in [1.165, 1.54) is 0 Å². The number of amides is 2. The Hall–Kier alpha value is -3.90. The Labute approximate surface area is 224 Å². The van der Waals surface area contributed by atoms with Crippen LogP contribution in [0.3, 0.4) is 0 Å². The molecule has 0 saturated carbocycles. The highest BCUT2D eigenvalue weighted by Gasteiger charge is 2.53. The topological polar surface area (TPSA) is 141 Å². The van der Waals surface area contributed by atoms with Crippen LogP contribution in [0.5, 0.6) is 11.5 Å². The fraction of sp³-hybridized carbons (Fsp3) is 0.400. The molecule has 13 heteroatoms. The van der Waals surface area contributed by atoms with Gasteiger partial charge in [0.05, 0.1) is 6.54 Å². The molecule has 0 radical (unpaired) electrons. The predicted molar refractivity (Wildman–Crippen MR) is 139 cm³/mol. The zero-order chi connectivity index (χ0) is 26.7. The maximum atomic E-state index is 13.7. The third-order valence-electron chi connectivity index (χ3n) is 6.74. The lowest BCUT2D eigenvalue weighted by Crippen LogP contribution is -2.74. The number of nitrogens with zero attached hydrogens (tertiary/aromatic N) is 6. The van der Waals surface area contributed by atoms with E-state index in [0.29, 0.717) is 55.9 Å². The summed E-state index contributed by atoms with van der Waals surface area (Å²) >= 11 is 6.31. The van der Waals surface area contributed by atoms with Crippen LogP contribution in [0.1, 0.15) is 18.9 Å². The summed E-state index contributed by atoms with van der Waals surface area (Å²) in [5.74, 6) is 1.04. The molecule has 0 spiro atoms. The largest absolute Gasteiger partial charge is 0.454 e. The van der Waals surface area contributed by atoms with Gasteiger partial charge in [-0.25, -0.2) is 9.97 Å². The molecule has 2 aliphatic heterocycles. The third kappa shape index (κ3) is 4.96. The molecule has 2 aromatic heterocycles. The van der Waals surface area contributed by atoms with Crippen LogP contribution in [0.25, 0.3) is 5.95 Å². The highest BCUT2D eigenvalue weighted by Crippen LogP contribution is 2.32. The zero-order valence-corrected chi connectivity index (χ0v) is 21.7. The standard InChI is InChI=1S/C25H29ClN8O4/c1-2-8-34-11-10-32(21-13-20(26)30-24(31-21)33-9-7-28-15-33)14-25(34,22(27)35)23(36)29-6-5-17-3-4-18-19(12-17)38-16-37-18/h3-4,7,9,12-13,15H,2,5-6,8,10-11,14,16H2,1H3,(H2,27,35)(H,29,36). The highest BCUT2D eigenvalue weighted by molar-refractivity contribution is 6.29. The Bertz CT molecular complexity index is 1320. The molecule has 3 aromatic rings. The minimum absolute atomic E-state index is 0.0227. The molecular weight excluding hydrogens is 512 g/mol. The van der Waals surface area contributed by atoms with Crippen LogP contribution in [0.15, 0.2) is 43.0 Å². The minimum atomic E-state index is -1.59. The van der Waals surface area contributed by atoms with Crippen LogP contribution in [-0.4, -0.2) is 81.3 Å². The van der Waals surface area contributed by atoms with E-state index >= 15 is 0 Å². The first-order valence-corrected chi connectivity index (χ1v) is 12.8. The molecule has 1 saturated heterocycles. The fourth-order valence-electron chi connectivity index (χ4n) is 4.83. The summed E-state index contributed by atoms with van der Waals surface area (Å²) in [6.07, 6.45) is 6.18. The van der Waals surface area contributed by atoms with Gasteiger partial charge in [0.15, 0.2) is 17.0 Å². The molecule has 1 unspecified atom stereocenters. The second-order valence-electron chi connectivity index (χ2n) is 9.15. The Morgan fingerprint density at radius 2 is 2.03 bits per heavy atom. The molecule has 1 aromatic carbocycles. The molecule has 5 rings (SSSR count). The first kappa shape index (κ1) is 25.7. The van der Waals surface area contributed by atoms with E-state index in [1.807, 2.05) is 34.9 Å². The lowest BCUT2D eigenvalue weighted by Gasteiger charge is -2.47. The normalized spacial score (nSPS) is 18.9. The number of hydrogen-bond acceptors (Lipinski definition) is 9. The molecule has 2 aliphatic rings. The van der Waals surface area contributed by atoms with Crippen LogP contribution in [0, 0.1) is 0 Å². The van der Waals surface area contributed by atoms with Crippen molar-refractivity contribution >= 4 is 29.2 Å². The van der Waals surface area contributed by atoms with E-state index in [1.54, 1.807) is 29.4 Å². The fourth-order valence-corrected chi connectivity index (χ4v) is 5.00. The first-order valence-electron chi connectivity index (χ1n) is 12.4. The number of hydrogen-bond donors (Lipinski definition) is 2. The van der Waals surface area contributed by atoms with E-state index in [-0.39, 0.29) is 18.5 Å². The number of halogens is 1. The van der Waals surface area contributed by atoms with Gasteiger partial charge in [0.2, 0.25) is 18.6 Å². The second-order valence-corrected chi connectivity index (χ2v) is 9.53. The highest BCUT2D eigenvalue weighted by atomic mass is 35.5. The number of carbonyl (C=O) groups excluding carboxylic acids is 2. The van der Waals surface area contributed by atoms with Crippen molar-refractivity contribution in [1.82, 2.24) is 29.7 Å². The summed E-state index contributed by atoms with van der Waals surface area (Å²) < 4.78 is 12.4. The lowest BCUT2D eigenvalue weighted by molar-refractivity contribution is -0.145. The van der Waals surface area contributed by atoms with Gasteiger partial charge in [-0.3, -0.25) is 19.1 Å². The van der Waals surface area contributed by atoms with Crippen LogP contribution in [0.4, 0.5) is 5.82 Å². The van der Waals surface area contributed by atoms with Gasteiger partial charge in [0.25, 0.3) is 5.91 Å². The number of aromatic nitrogens is 4. The smallest absolute Gasteiger partial charge is 0.252 e. The number of imidazole rings is 1. The molecule has 0 bridgehead atoms. The Morgan fingerprint density at radius 3 is 2.79 bits per heavy atom. The maximum Gasteiger partial charge on any atom is 0.252 e. The van der Waals surface area contributed by atoms with Crippen molar-refractivity contribution < 1.29 is 19.1 Å². The van der Waals surface area contributed by atoms with Crippen molar-refractivity contribution in [2.45, 2.75) is 25.3 Å². The number of anilines is 1. The minimum Gasteiger partial charge on any atom is -0.454 e.